The van der Waals surface area contributed by atoms with Crippen molar-refractivity contribution in [2.45, 2.75) is 83.2 Å². The molecule has 1 unspecified atom stereocenters. The van der Waals surface area contributed by atoms with Crippen LogP contribution in [0, 0.1) is 0 Å². The van der Waals surface area contributed by atoms with Crippen LogP contribution in [0.5, 0.6) is 0 Å². The summed E-state index contributed by atoms with van der Waals surface area (Å²) < 4.78 is 39.1. The molecule has 0 saturated carbocycles. The fourth-order valence-corrected chi connectivity index (χ4v) is 3.57. The zero-order valence-corrected chi connectivity index (χ0v) is 24.0. The lowest BCUT2D eigenvalue weighted by molar-refractivity contribution is -0.0701. The lowest BCUT2D eigenvalue weighted by atomic mass is 10.1. The van der Waals surface area contributed by atoms with Gasteiger partial charge in [0.25, 0.3) is 0 Å². The van der Waals surface area contributed by atoms with Crippen molar-refractivity contribution in [2.24, 2.45) is 0 Å². The molecule has 1 atom stereocenters. The van der Waals surface area contributed by atoms with Gasteiger partial charge in [-0.2, -0.15) is 0 Å². The maximum atomic E-state index is 6.09. The third-order valence-electron chi connectivity index (χ3n) is 5.76. The van der Waals surface area contributed by atoms with E-state index in [2.05, 4.69) is 13.2 Å². The van der Waals surface area contributed by atoms with Crippen LogP contribution >= 0.6 is 0 Å². The number of hydrogen-bond donors (Lipinski definition) is 0. The molecular formula is C30H58O7. The Morgan fingerprint density at radius 1 is 0.459 bits per heavy atom. The van der Waals surface area contributed by atoms with Crippen LogP contribution in [0.4, 0.5) is 0 Å². The third-order valence-corrected chi connectivity index (χ3v) is 5.76. The van der Waals surface area contributed by atoms with E-state index in [1.165, 1.54) is 51.4 Å². The van der Waals surface area contributed by atoms with Crippen molar-refractivity contribution < 1.29 is 33.2 Å². The molecule has 0 aliphatic carbocycles. The lowest BCUT2D eigenvalue weighted by Gasteiger charge is -2.18. The molecule has 0 saturated heterocycles. The van der Waals surface area contributed by atoms with Gasteiger partial charge < -0.3 is 33.2 Å². The van der Waals surface area contributed by atoms with E-state index < -0.39 is 0 Å². The van der Waals surface area contributed by atoms with Crippen LogP contribution < -0.4 is 0 Å². The smallest absolute Gasteiger partial charge is 0.104 e. The standard InChI is InChI=1S/C30H58O7/c1-4-6-8-10-12-14-16-18-35-28-30(37-19-17-15-13-11-9-7-5-2)29-36-27-26-34-25-24-33-23-22-32-21-20-31-3/h4-5,30H,1-2,6-29H2,3H3. The second-order valence-corrected chi connectivity index (χ2v) is 9.16. The summed E-state index contributed by atoms with van der Waals surface area (Å²) in [7, 11) is 1.66. The fourth-order valence-electron chi connectivity index (χ4n) is 3.57. The highest BCUT2D eigenvalue weighted by Gasteiger charge is 2.10. The zero-order chi connectivity index (χ0) is 26.9. The molecule has 0 aliphatic heterocycles. The predicted molar refractivity (Wildman–Crippen MR) is 152 cm³/mol. The van der Waals surface area contributed by atoms with Crippen molar-refractivity contribution in [3.05, 3.63) is 25.3 Å². The molecule has 7 nitrogen and oxygen atoms in total. The Labute approximate surface area is 228 Å². The van der Waals surface area contributed by atoms with E-state index in [1.54, 1.807) is 7.11 Å². The zero-order valence-electron chi connectivity index (χ0n) is 24.0. The number of methoxy groups -OCH3 is 1. The van der Waals surface area contributed by atoms with Crippen LogP contribution in [0.2, 0.25) is 0 Å². The van der Waals surface area contributed by atoms with Crippen LogP contribution in [0.3, 0.4) is 0 Å². The average molecular weight is 531 g/mol. The first-order valence-corrected chi connectivity index (χ1v) is 14.6. The van der Waals surface area contributed by atoms with Crippen molar-refractivity contribution in [1.29, 1.82) is 0 Å². The first kappa shape index (κ1) is 36.2. The Balaban J connectivity index is 3.83. The van der Waals surface area contributed by atoms with E-state index in [0.29, 0.717) is 66.1 Å². The Hall–Kier alpha value is -0.800. The molecule has 0 aromatic rings. The van der Waals surface area contributed by atoms with E-state index in [1.807, 2.05) is 12.2 Å². The first-order chi connectivity index (χ1) is 18.3. The molecule has 0 N–H and O–H groups in total. The van der Waals surface area contributed by atoms with Gasteiger partial charge >= 0.3 is 0 Å². The minimum Gasteiger partial charge on any atom is -0.382 e. The SMILES string of the molecule is C=CCCCCCCCOCC(COCCOCCOCCOCCOC)OCCCCCCCC=C. The number of ether oxygens (including phenoxy) is 7. The Morgan fingerprint density at radius 2 is 0.865 bits per heavy atom. The van der Waals surface area contributed by atoms with Crippen LogP contribution in [0.1, 0.15) is 77.0 Å². The second-order valence-electron chi connectivity index (χ2n) is 9.16. The van der Waals surface area contributed by atoms with Gasteiger partial charge in [-0.1, -0.05) is 50.7 Å². The van der Waals surface area contributed by atoms with Gasteiger partial charge in [-0.25, -0.2) is 0 Å². The minimum atomic E-state index is -0.0326. The van der Waals surface area contributed by atoms with Gasteiger partial charge in [-0.3, -0.25) is 0 Å². The van der Waals surface area contributed by atoms with Crippen LogP contribution in [0.25, 0.3) is 0 Å². The number of unbranched alkanes of at least 4 members (excludes halogenated alkanes) is 10. The van der Waals surface area contributed by atoms with Crippen LogP contribution in [-0.4, -0.2) is 92.5 Å². The minimum absolute atomic E-state index is 0.0326. The molecule has 37 heavy (non-hydrogen) atoms. The number of hydrogen-bond acceptors (Lipinski definition) is 7. The monoisotopic (exact) mass is 530 g/mol. The Morgan fingerprint density at radius 3 is 1.38 bits per heavy atom. The van der Waals surface area contributed by atoms with E-state index in [-0.39, 0.29) is 6.10 Å². The summed E-state index contributed by atoms with van der Waals surface area (Å²) in [6, 6.07) is 0. The third kappa shape index (κ3) is 31.3. The van der Waals surface area contributed by atoms with Crippen LogP contribution in [-0.2, 0) is 33.2 Å². The molecular weight excluding hydrogens is 472 g/mol. The highest BCUT2D eigenvalue weighted by molar-refractivity contribution is 4.66. The van der Waals surface area contributed by atoms with Gasteiger partial charge in [-0.15, -0.1) is 13.2 Å². The maximum Gasteiger partial charge on any atom is 0.104 e. The van der Waals surface area contributed by atoms with Crippen molar-refractivity contribution in [3.8, 4) is 0 Å². The maximum absolute atomic E-state index is 6.09. The molecule has 220 valence electrons. The predicted octanol–water partition coefficient (Wildman–Crippen LogP) is 6.15. The molecule has 0 rings (SSSR count). The van der Waals surface area contributed by atoms with E-state index in [9.17, 15) is 0 Å². The largest absolute Gasteiger partial charge is 0.382 e. The molecule has 0 spiro atoms. The Bertz CT molecular complexity index is 448. The molecule has 0 fully saturated rings. The van der Waals surface area contributed by atoms with E-state index in [4.69, 9.17) is 33.2 Å². The van der Waals surface area contributed by atoms with Crippen molar-refractivity contribution in [2.75, 3.05) is 86.4 Å². The van der Waals surface area contributed by atoms with Gasteiger partial charge in [0.1, 0.15) is 6.10 Å². The summed E-state index contributed by atoms with van der Waals surface area (Å²) in [5.74, 6) is 0. The van der Waals surface area contributed by atoms with Gasteiger partial charge in [0.15, 0.2) is 0 Å². The molecule has 0 heterocycles. The molecule has 0 bridgehead atoms. The van der Waals surface area contributed by atoms with Gasteiger partial charge in [-0.05, 0) is 38.5 Å². The topological polar surface area (TPSA) is 64.6 Å². The lowest BCUT2D eigenvalue weighted by Crippen LogP contribution is -2.27. The Kier molecular flexibility index (Phi) is 32.5. The van der Waals surface area contributed by atoms with Crippen molar-refractivity contribution in [3.63, 3.8) is 0 Å². The molecule has 0 aliphatic rings. The summed E-state index contributed by atoms with van der Waals surface area (Å²) in [4.78, 5) is 0. The van der Waals surface area contributed by atoms with E-state index >= 15 is 0 Å². The highest BCUT2D eigenvalue weighted by Crippen LogP contribution is 2.08. The molecule has 7 heteroatoms. The summed E-state index contributed by atoms with van der Waals surface area (Å²) in [5.41, 5.74) is 0. The molecule has 0 aromatic heterocycles. The summed E-state index contributed by atoms with van der Waals surface area (Å²) in [6.45, 7) is 14.7. The molecule has 0 aromatic carbocycles. The quantitative estimate of drug-likeness (QED) is 0.0744. The number of rotatable bonds is 33. The van der Waals surface area contributed by atoms with Gasteiger partial charge in [0, 0.05) is 20.3 Å². The second kappa shape index (κ2) is 33.2. The van der Waals surface area contributed by atoms with Crippen molar-refractivity contribution >= 4 is 0 Å². The van der Waals surface area contributed by atoms with Crippen LogP contribution in [0.15, 0.2) is 25.3 Å². The average Bonchev–Trinajstić information content (AvgIpc) is 2.91. The molecule has 0 amide bonds. The van der Waals surface area contributed by atoms with Gasteiger partial charge in [0.2, 0.25) is 0 Å². The molecule has 0 radical (unpaired) electrons. The summed E-state index contributed by atoms with van der Waals surface area (Å²) >= 11 is 0. The number of allylic oxidation sites excluding steroid dienone is 2. The summed E-state index contributed by atoms with van der Waals surface area (Å²) in [6.07, 6.45) is 18.3. The highest BCUT2D eigenvalue weighted by atomic mass is 16.6. The fraction of sp³-hybridized carbons (Fsp3) is 0.867. The normalized spacial score (nSPS) is 12.1. The van der Waals surface area contributed by atoms with Gasteiger partial charge in [0.05, 0.1) is 66.1 Å². The van der Waals surface area contributed by atoms with Crippen molar-refractivity contribution in [1.82, 2.24) is 0 Å². The van der Waals surface area contributed by atoms with E-state index in [0.717, 1.165) is 38.9 Å². The first-order valence-electron chi connectivity index (χ1n) is 14.6. The summed E-state index contributed by atoms with van der Waals surface area (Å²) in [5, 5.41) is 0.